The van der Waals surface area contributed by atoms with Crippen LogP contribution in [0.25, 0.3) is 0 Å². The molecular weight excluding hydrogens is 580 g/mol. The van der Waals surface area contributed by atoms with Gasteiger partial charge in [-0.3, -0.25) is 9.69 Å². The highest BCUT2D eigenvalue weighted by Crippen LogP contribution is 2.46. The van der Waals surface area contributed by atoms with E-state index in [4.69, 9.17) is 23.9 Å². The molecule has 0 aromatic heterocycles. The Kier molecular flexibility index (Phi) is 10.6. The Morgan fingerprint density at radius 2 is 1.89 bits per heavy atom. The molecule has 3 aliphatic rings. The number of amidine groups is 1. The number of ether oxygens (including phenoxy) is 4. The fraction of sp³-hybridized carbons (Fsp3) is 0.424. The number of nitrogens with one attached hydrogen (secondary N) is 1. The van der Waals surface area contributed by atoms with Gasteiger partial charge in [-0.1, -0.05) is 48.2 Å². The Labute approximate surface area is 263 Å². The van der Waals surface area contributed by atoms with E-state index in [9.17, 15) is 9.59 Å². The van der Waals surface area contributed by atoms with Crippen LogP contribution in [0.5, 0.6) is 11.5 Å². The van der Waals surface area contributed by atoms with Crippen LogP contribution in [0.4, 0.5) is 0 Å². The summed E-state index contributed by atoms with van der Waals surface area (Å²) in [5, 5.41) is 5.69. The summed E-state index contributed by atoms with van der Waals surface area (Å²) in [5.74, 6) is 0.586. The Morgan fingerprint density at radius 1 is 1.11 bits per heavy atom. The summed E-state index contributed by atoms with van der Waals surface area (Å²) < 4.78 is 22.9. The van der Waals surface area contributed by atoms with E-state index in [-0.39, 0.29) is 18.4 Å². The van der Waals surface area contributed by atoms with Crippen molar-refractivity contribution in [1.29, 1.82) is 0 Å². The molecule has 1 N–H and O–H groups in total. The lowest BCUT2D eigenvalue weighted by Gasteiger charge is -2.36. The number of carbonyl (C=O) groups is 2. The molecule has 1 saturated heterocycles. The fourth-order valence-electron chi connectivity index (χ4n) is 5.34. The third-order valence-corrected chi connectivity index (χ3v) is 8.39. The average Bonchev–Trinajstić information content (AvgIpc) is 3.41. The molecule has 44 heavy (non-hydrogen) atoms. The van der Waals surface area contributed by atoms with Crippen LogP contribution in [0.2, 0.25) is 0 Å². The first-order chi connectivity index (χ1) is 21.3. The average molecular weight is 621 g/mol. The van der Waals surface area contributed by atoms with Crippen LogP contribution < -0.4 is 14.8 Å². The number of rotatable bonds is 12. The van der Waals surface area contributed by atoms with Gasteiger partial charge in [0, 0.05) is 31.9 Å². The summed E-state index contributed by atoms with van der Waals surface area (Å²) in [6, 6.07) is 15.0. The highest BCUT2D eigenvalue weighted by atomic mass is 32.2. The number of nitrogens with zero attached hydrogens (tertiary/aromatic N) is 3. The summed E-state index contributed by atoms with van der Waals surface area (Å²) in [7, 11) is 1.59. The molecule has 0 spiro atoms. The quantitative estimate of drug-likeness (QED) is 0.340. The van der Waals surface area contributed by atoms with Gasteiger partial charge in [0.2, 0.25) is 5.91 Å². The molecule has 10 nitrogen and oxygen atoms in total. The maximum atomic E-state index is 13.5. The van der Waals surface area contributed by atoms with E-state index in [2.05, 4.69) is 10.2 Å². The third-order valence-electron chi connectivity index (χ3n) is 7.50. The molecule has 2 aromatic rings. The summed E-state index contributed by atoms with van der Waals surface area (Å²) in [4.78, 5) is 35.7. The number of benzene rings is 2. The molecule has 234 valence electrons. The molecule has 1 amide bonds. The Balaban J connectivity index is 1.39. The van der Waals surface area contributed by atoms with Gasteiger partial charge >= 0.3 is 5.97 Å². The summed E-state index contributed by atoms with van der Waals surface area (Å²) >= 11 is 1.44. The Bertz CT molecular complexity index is 1440. The minimum Gasteiger partial charge on any atom is -0.493 e. The number of esters is 1. The highest BCUT2D eigenvalue weighted by molar-refractivity contribution is 8.16. The van der Waals surface area contributed by atoms with Crippen molar-refractivity contribution in [1.82, 2.24) is 15.1 Å². The van der Waals surface area contributed by atoms with Crippen LogP contribution in [-0.4, -0.2) is 79.5 Å². The molecule has 0 bridgehead atoms. The van der Waals surface area contributed by atoms with Gasteiger partial charge in [-0.25, -0.2) is 9.79 Å². The Morgan fingerprint density at radius 3 is 2.61 bits per heavy atom. The molecule has 1 atom stereocenters. The van der Waals surface area contributed by atoms with E-state index in [0.717, 1.165) is 49.7 Å². The van der Waals surface area contributed by atoms with Gasteiger partial charge in [-0.15, -0.1) is 0 Å². The topological polar surface area (TPSA) is 102 Å². The maximum absolute atomic E-state index is 13.5. The number of aliphatic imine (C=N–C) groups is 1. The fourth-order valence-corrected chi connectivity index (χ4v) is 6.30. The van der Waals surface area contributed by atoms with Crippen molar-refractivity contribution in [2.45, 2.75) is 45.9 Å². The zero-order chi connectivity index (χ0) is 31.1. The predicted octanol–water partition coefficient (Wildman–Crippen LogP) is 4.64. The largest absolute Gasteiger partial charge is 0.493 e. The van der Waals surface area contributed by atoms with E-state index in [1.54, 1.807) is 7.11 Å². The van der Waals surface area contributed by atoms with Crippen LogP contribution in [0.3, 0.4) is 0 Å². The molecule has 3 heterocycles. The van der Waals surface area contributed by atoms with Crippen molar-refractivity contribution < 1.29 is 28.5 Å². The number of hydrogen-bond donors (Lipinski definition) is 1. The highest BCUT2D eigenvalue weighted by Gasteiger charge is 2.41. The Hall–Kier alpha value is -3.80. The normalized spacial score (nSPS) is 18.5. The SMILES string of the molecule is COc1cc([C@@H]2C(C(=O)OC(C)C)=C(C)N=C3SC=C(CC(=O)NCCN4CCOCC4)N32)ccc1OCc1ccccc1. The number of allylic oxidation sites excluding steroid dienone is 1. The molecule has 0 aliphatic carbocycles. The molecule has 0 unspecified atom stereocenters. The van der Waals surface area contributed by atoms with Crippen molar-refractivity contribution in [2.75, 3.05) is 46.5 Å². The molecule has 0 saturated carbocycles. The van der Waals surface area contributed by atoms with Crippen molar-refractivity contribution in [2.24, 2.45) is 4.99 Å². The van der Waals surface area contributed by atoms with Gasteiger partial charge in [-0.05, 0) is 49.4 Å². The summed E-state index contributed by atoms with van der Waals surface area (Å²) in [5.41, 5.74) is 3.58. The first-order valence-corrected chi connectivity index (χ1v) is 15.8. The van der Waals surface area contributed by atoms with Crippen molar-refractivity contribution in [3.8, 4) is 11.5 Å². The van der Waals surface area contributed by atoms with Gasteiger partial charge < -0.3 is 29.2 Å². The molecule has 1 fully saturated rings. The van der Waals surface area contributed by atoms with Crippen LogP contribution in [-0.2, 0) is 25.7 Å². The van der Waals surface area contributed by atoms with E-state index in [1.807, 2.05) is 79.6 Å². The number of amides is 1. The number of methoxy groups -OCH3 is 1. The van der Waals surface area contributed by atoms with Crippen LogP contribution in [0.1, 0.15) is 44.4 Å². The second-order valence-electron chi connectivity index (χ2n) is 11.0. The minimum atomic E-state index is -0.576. The van der Waals surface area contributed by atoms with Crippen molar-refractivity contribution in [3.05, 3.63) is 82.0 Å². The smallest absolute Gasteiger partial charge is 0.338 e. The lowest BCUT2D eigenvalue weighted by Crippen LogP contribution is -2.42. The number of thioether (sulfide) groups is 1. The number of carbonyl (C=O) groups excluding carboxylic acids is 2. The van der Waals surface area contributed by atoms with E-state index < -0.39 is 12.0 Å². The molecule has 5 rings (SSSR count). The second-order valence-corrected chi connectivity index (χ2v) is 11.8. The standard InChI is InChI=1S/C33H40N4O6S/c1-22(2)43-32(39)30-23(3)35-33-37(26(21-44-33)19-29(38)34-12-13-36-14-16-41-17-15-36)31(30)25-10-11-27(28(18-25)40-4)42-20-24-8-6-5-7-9-24/h5-11,18,21-22,31H,12-17,19-20H2,1-4H3,(H,34,38)/t31-/m1/s1. The van der Waals surface area contributed by atoms with Crippen molar-refractivity contribution in [3.63, 3.8) is 0 Å². The minimum absolute atomic E-state index is 0.0927. The molecule has 0 radical (unpaired) electrons. The van der Waals surface area contributed by atoms with E-state index in [1.165, 1.54) is 11.8 Å². The van der Waals surface area contributed by atoms with Gasteiger partial charge in [-0.2, -0.15) is 0 Å². The van der Waals surface area contributed by atoms with Gasteiger partial charge in [0.25, 0.3) is 0 Å². The van der Waals surface area contributed by atoms with E-state index in [0.29, 0.717) is 41.1 Å². The maximum Gasteiger partial charge on any atom is 0.338 e. The summed E-state index contributed by atoms with van der Waals surface area (Å²) in [6.45, 7) is 10.3. The van der Waals surface area contributed by atoms with Gasteiger partial charge in [0.05, 0.1) is 50.2 Å². The van der Waals surface area contributed by atoms with Crippen LogP contribution in [0.15, 0.2) is 75.9 Å². The first kappa shape index (κ1) is 31.6. The molecule has 3 aliphatic heterocycles. The zero-order valence-corrected chi connectivity index (χ0v) is 26.5. The monoisotopic (exact) mass is 620 g/mol. The molecule has 2 aromatic carbocycles. The van der Waals surface area contributed by atoms with Crippen LogP contribution in [0, 0.1) is 0 Å². The number of fused-ring (bicyclic) bond motifs is 1. The van der Waals surface area contributed by atoms with E-state index >= 15 is 0 Å². The second kappa shape index (κ2) is 14.8. The lowest BCUT2D eigenvalue weighted by atomic mass is 9.93. The first-order valence-electron chi connectivity index (χ1n) is 14.9. The van der Waals surface area contributed by atoms with Gasteiger partial charge in [0.1, 0.15) is 6.61 Å². The number of morpholine rings is 1. The lowest BCUT2D eigenvalue weighted by molar-refractivity contribution is -0.143. The molecule has 11 heteroatoms. The number of hydrogen-bond acceptors (Lipinski definition) is 10. The third kappa shape index (κ3) is 7.64. The predicted molar refractivity (Wildman–Crippen MR) is 170 cm³/mol. The van der Waals surface area contributed by atoms with Crippen LogP contribution >= 0.6 is 11.8 Å². The summed E-state index contributed by atoms with van der Waals surface area (Å²) in [6.07, 6.45) is -0.163. The van der Waals surface area contributed by atoms with Crippen molar-refractivity contribution >= 4 is 28.8 Å². The zero-order valence-electron chi connectivity index (χ0n) is 25.7. The van der Waals surface area contributed by atoms with Gasteiger partial charge in [0.15, 0.2) is 16.7 Å². The molecular formula is C33H40N4O6S.